The standard InChI is InChI=1S/C10H11FN2/c1-13(2)10-4-3-8(5-6-12)7-9(10)11/h3-4,7H,5H2,1-2H3. The minimum absolute atomic E-state index is 0.255. The van der Waals surface area contributed by atoms with Crippen molar-refractivity contribution in [2.24, 2.45) is 0 Å². The van der Waals surface area contributed by atoms with Gasteiger partial charge in [-0.25, -0.2) is 4.39 Å². The van der Waals surface area contributed by atoms with E-state index in [-0.39, 0.29) is 12.2 Å². The van der Waals surface area contributed by atoms with Gasteiger partial charge in [0.25, 0.3) is 0 Å². The van der Waals surface area contributed by atoms with Crippen LogP contribution in [-0.4, -0.2) is 14.1 Å². The maximum Gasteiger partial charge on any atom is 0.146 e. The Morgan fingerprint density at radius 2 is 2.15 bits per heavy atom. The fourth-order valence-electron chi connectivity index (χ4n) is 1.11. The third kappa shape index (κ3) is 2.19. The predicted octanol–water partition coefficient (Wildman–Crippen LogP) is 1.96. The van der Waals surface area contributed by atoms with Gasteiger partial charge in [0.1, 0.15) is 5.82 Å². The molecule has 0 aliphatic carbocycles. The number of halogens is 1. The number of hydrogen-bond acceptors (Lipinski definition) is 2. The molecule has 1 aromatic carbocycles. The largest absolute Gasteiger partial charge is 0.375 e. The fraction of sp³-hybridized carbons (Fsp3) is 0.300. The molecule has 0 bridgehead atoms. The topological polar surface area (TPSA) is 27.0 Å². The van der Waals surface area contributed by atoms with E-state index in [0.29, 0.717) is 11.3 Å². The van der Waals surface area contributed by atoms with Gasteiger partial charge in [-0.3, -0.25) is 0 Å². The SMILES string of the molecule is CN(C)c1ccc(CC#N)cc1F. The molecule has 1 aromatic rings. The molecular formula is C10H11FN2. The molecule has 0 N–H and O–H groups in total. The molecule has 1 rings (SSSR count). The molecule has 0 amide bonds. The van der Waals surface area contributed by atoms with Gasteiger partial charge in [-0.05, 0) is 17.7 Å². The van der Waals surface area contributed by atoms with Gasteiger partial charge in [-0.2, -0.15) is 5.26 Å². The lowest BCUT2D eigenvalue weighted by Gasteiger charge is -2.13. The van der Waals surface area contributed by atoms with Crippen LogP contribution in [0.25, 0.3) is 0 Å². The molecule has 0 saturated carbocycles. The minimum atomic E-state index is -0.280. The summed E-state index contributed by atoms with van der Waals surface area (Å²) in [6.45, 7) is 0. The average Bonchev–Trinajstić information content (AvgIpc) is 2.04. The number of anilines is 1. The monoisotopic (exact) mass is 178 g/mol. The van der Waals surface area contributed by atoms with E-state index in [1.54, 1.807) is 31.1 Å². The van der Waals surface area contributed by atoms with E-state index in [1.807, 2.05) is 6.07 Å². The van der Waals surface area contributed by atoms with Crippen molar-refractivity contribution in [1.29, 1.82) is 5.26 Å². The summed E-state index contributed by atoms with van der Waals surface area (Å²) in [6, 6.07) is 6.83. The third-order valence-electron chi connectivity index (χ3n) is 1.78. The van der Waals surface area contributed by atoms with Crippen molar-refractivity contribution in [1.82, 2.24) is 0 Å². The van der Waals surface area contributed by atoms with Gasteiger partial charge in [0.05, 0.1) is 18.2 Å². The molecule has 0 atom stereocenters. The number of hydrogen-bond donors (Lipinski definition) is 0. The Morgan fingerprint density at radius 3 is 2.62 bits per heavy atom. The summed E-state index contributed by atoms with van der Waals surface area (Å²) in [5.41, 5.74) is 1.26. The summed E-state index contributed by atoms with van der Waals surface area (Å²) in [5.74, 6) is -0.280. The molecule has 0 saturated heterocycles. The van der Waals surface area contributed by atoms with Crippen LogP contribution in [0.5, 0.6) is 0 Å². The Labute approximate surface area is 77.2 Å². The zero-order valence-electron chi connectivity index (χ0n) is 7.71. The first-order valence-electron chi connectivity index (χ1n) is 3.98. The molecule has 0 radical (unpaired) electrons. The Kier molecular flexibility index (Phi) is 2.86. The van der Waals surface area contributed by atoms with Gasteiger partial charge in [0.2, 0.25) is 0 Å². The van der Waals surface area contributed by atoms with E-state index < -0.39 is 0 Å². The molecule has 3 heteroatoms. The van der Waals surface area contributed by atoms with Gasteiger partial charge in [0, 0.05) is 14.1 Å². The summed E-state index contributed by atoms with van der Waals surface area (Å²) in [7, 11) is 3.56. The van der Waals surface area contributed by atoms with Gasteiger partial charge in [-0.1, -0.05) is 6.07 Å². The van der Waals surface area contributed by atoms with Crippen LogP contribution in [0.3, 0.4) is 0 Å². The first-order valence-corrected chi connectivity index (χ1v) is 3.98. The zero-order valence-corrected chi connectivity index (χ0v) is 7.71. The second kappa shape index (κ2) is 3.90. The van der Waals surface area contributed by atoms with Crippen LogP contribution in [0.15, 0.2) is 18.2 Å². The first-order chi connectivity index (χ1) is 6.15. The van der Waals surface area contributed by atoms with Crippen molar-refractivity contribution in [3.63, 3.8) is 0 Å². The molecular weight excluding hydrogens is 167 g/mol. The summed E-state index contributed by atoms with van der Waals surface area (Å²) in [6.07, 6.45) is 0.255. The number of benzene rings is 1. The zero-order chi connectivity index (χ0) is 9.84. The van der Waals surface area contributed by atoms with Gasteiger partial charge < -0.3 is 4.90 Å². The van der Waals surface area contributed by atoms with Crippen LogP contribution in [0.1, 0.15) is 5.56 Å². The molecule has 68 valence electrons. The van der Waals surface area contributed by atoms with Crippen LogP contribution in [0.4, 0.5) is 10.1 Å². The molecule has 0 aliphatic rings. The van der Waals surface area contributed by atoms with Crippen molar-refractivity contribution >= 4 is 5.69 Å². The summed E-state index contributed by atoms with van der Waals surface area (Å²) >= 11 is 0. The average molecular weight is 178 g/mol. The molecule has 0 heterocycles. The second-order valence-corrected chi connectivity index (χ2v) is 3.02. The molecule has 0 aromatic heterocycles. The number of nitrogens with zero attached hydrogens (tertiary/aromatic N) is 2. The quantitative estimate of drug-likeness (QED) is 0.692. The molecule has 0 aliphatic heterocycles. The second-order valence-electron chi connectivity index (χ2n) is 3.02. The lowest BCUT2D eigenvalue weighted by molar-refractivity contribution is 0.624. The van der Waals surface area contributed by atoms with E-state index in [2.05, 4.69) is 0 Å². The van der Waals surface area contributed by atoms with Crippen LogP contribution in [-0.2, 0) is 6.42 Å². The third-order valence-corrected chi connectivity index (χ3v) is 1.78. The van der Waals surface area contributed by atoms with Crippen LogP contribution in [0, 0.1) is 17.1 Å². The van der Waals surface area contributed by atoms with Gasteiger partial charge in [-0.15, -0.1) is 0 Å². The first kappa shape index (κ1) is 9.53. The fourth-order valence-corrected chi connectivity index (χ4v) is 1.11. The van der Waals surface area contributed by atoms with Crippen molar-refractivity contribution < 1.29 is 4.39 Å². The Morgan fingerprint density at radius 1 is 1.46 bits per heavy atom. The summed E-state index contributed by atoms with van der Waals surface area (Å²) in [5, 5.41) is 8.41. The highest BCUT2D eigenvalue weighted by Crippen LogP contribution is 2.18. The van der Waals surface area contributed by atoms with Crippen LogP contribution < -0.4 is 4.90 Å². The Balaban J connectivity index is 3.00. The van der Waals surface area contributed by atoms with E-state index in [4.69, 9.17) is 5.26 Å². The molecule has 0 fully saturated rings. The lowest BCUT2D eigenvalue weighted by atomic mass is 10.1. The minimum Gasteiger partial charge on any atom is -0.375 e. The summed E-state index contributed by atoms with van der Waals surface area (Å²) < 4.78 is 13.3. The molecule has 0 spiro atoms. The molecule has 2 nitrogen and oxygen atoms in total. The highest BCUT2D eigenvalue weighted by atomic mass is 19.1. The number of rotatable bonds is 2. The van der Waals surface area contributed by atoms with Crippen molar-refractivity contribution in [2.45, 2.75) is 6.42 Å². The van der Waals surface area contributed by atoms with E-state index in [1.165, 1.54) is 6.07 Å². The van der Waals surface area contributed by atoms with Crippen LogP contribution in [0.2, 0.25) is 0 Å². The maximum absolute atomic E-state index is 13.3. The smallest absolute Gasteiger partial charge is 0.146 e. The Bertz CT molecular complexity index is 339. The van der Waals surface area contributed by atoms with Crippen molar-refractivity contribution in [3.8, 4) is 6.07 Å². The van der Waals surface area contributed by atoms with Crippen molar-refractivity contribution in [3.05, 3.63) is 29.6 Å². The van der Waals surface area contributed by atoms with Crippen molar-refractivity contribution in [2.75, 3.05) is 19.0 Å². The van der Waals surface area contributed by atoms with Crippen LogP contribution >= 0.6 is 0 Å². The highest BCUT2D eigenvalue weighted by Gasteiger charge is 2.04. The van der Waals surface area contributed by atoms with E-state index >= 15 is 0 Å². The normalized spacial score (nSPS) is 9.38. The van der Waals surface area contributed by atoms with E-state index in [9.17, 15) is 4.39 Å². The molecule has 0 unspecified atom stereocenters. The molecule has 13 heavy (non-hydrogen) atoms. The summed E-state index contributed by atoms with van der Waals surface area (Å²) in [4.78, 5) is 1.70. The lowest BCUT2D eigenvalue weighted by Crippen LogP contribution is -2.10. The van der Waals surface area contributed by atoms with Gasteiger partial charge in [0.15, 0.2) is 0 Å². The maximum atomic E-state index is 13.3. The highest BCUT2D eigenvalue weighted by molar-refractivity contribution is 5.48. The number of nitriles is 1. The van der Waals surface area contributed by atoms with Gasteiger partial charge >= 0.3 is 0 Å². The van der Waals surface area contributed by atoms with E-state index in [0.717, 1.165) is 0 Å². The Hall–Kier alpha value is -1.56. The predicted molar refractivity (Wildman–Crippen MR) is 50.0 cm³/mol.